The third-order valence-corrected chi connectivity index (χ3v) is 3.04. The van der Waals surface area contributed by atoms with Crippen LogP contribution in [0, 0.1) is 0 Å². The lowest BCUT2D eigenvalue weighted by Gasteiger charge is -2.02. The first-order valence-electron chi connectivity index (χ1n) is 6.80. The standard InChI is InChI=1S/C17H19N3O/c1-14(11-15-7-4-3-5-8-15)13-18-19-17(21)12-16-9-6-10-20(16)2/h3-11,13H,12H2,1-2H3,(H,19,21)/b14-11+,18-13+. The molecule has 1 aromatic carbocycles. The number of aryl methyl sites for hydroxylation is 1. The highest BCUT2D eigenvalue weighted by molar-refractivity contribution is 5.86. The van der Waals surface area contributed by atoms with E-state index < -0.39 is 0 Å². The Bertz CT molecular complexity index is 654. The lowest BCUT2D eigenvalue weighted by Crippen LogP contribution is -2.20. The molecule has 2 aromatic rings. The largest absolute Gasteiger partial charge is 0.354 e. The summed E-state index contributed by atoms with van der Waals surface area (Å²) >= 11 is 0. The van der Waals surface area contributed by atoms with Crippen molar-refractivity contribution in [3.05, 3.63) is 65.5 Å². The van der Waals surface area contributed by atoms with E-state index in [1.54, 1.807) is 6.21 Å². The molecule has 1 N–H and O–H groups in total. The van der Waals surface area contributed by atoms with Crippen molar-refractivity contribution in [2.75, 3.05) is 0 Å². The van der Waals surface area contributed by atoms with Crippen LogP contribution in [0.5, 0.6) is 0 Å². The van der Waals surface area contributed by atoms with E-state index in [1.807, 2.05) is 73.3 Å². The Kier molecular flexibility index (Phi) is 5.10. The highest BCUT2D eigenvalue weighted by Crippen LogP contribution is 2.04. The number of aromatic nitrogens is 1. The number of carbonyl (C=O) groups excluding carboxylic acids is 1. The first-order valence-corrected chi connectivity index (χ1v) is 6.80. The molecule has 0 fully saturated rings. The summed E-state index contributed by atoms with van der Waals surface area (Å²) in [6.45, 7) is 1.94. The van der Waals surface area contributed by atoms with Crippen LogP contribution in [0.25, 0.3) is 6.08 Å². The zero-order chi connectivity index (χ0) is 15.1. The molecule has 0 saturated heterocycles. The number of hydrazone groups is 1. The zero-order valence-corrected chi connectivity index (χ0v) is 12.3. The van der Waals surface area contributed by atoms with Crippen LogP contribution in [0.1, 0.15) is 18.2 Å². The molecule has 1 aromatic heterocycles. The number of benzene rings is 1. The summed E-state index contributed by atoms with van der Waals surface area (Å²) in [6.07, 6.45) is 5.89. The zero-order valence-electron chi connectivity index (χ0n) is 12.3. The lowest BCUT2D eigenvalue weighted by molar-refractivity contribution is -0.120. The third kappa shape index (κ3) is 4.76. The van der Waals surface area contributed by atoms with Gasteiger partial charge in [-0.1, -0.05) is 36.4 Å². The maximum atomic E-state index is 11.7. The molecule has 0 aliphatic heterocycles. The third-order valence-electron chi connectivity index (χ3n) is 3.04. The second-order valence-electron chi connectivity index (χ2n) is 4.88. The molecule has 0 radical (unpaired) electrons. The molecule has 0 unspecified atom stereocenters. The van der Waals surface area contributed by atoms with Crippen LogP contribution in [0.3, 0.4) is 0 Å². The second-order valence-corrected chi connectivity index (χ2v) is 4.88. The molecular weight excluding hydrogens is 262 g/mol. The molecule has 4 nitrogen and oxygen atoms in total. The minimum absolute atomic E-state index is 0.124. The van der Waals surface area contributed by atoms with Gasteiger partial charge in [0, 0.05) is 18.9 Å². The molecule has 0 aliphatic carbocycles. The Morgan fingerprint density at radius 1 is 1.24 bits per heavy atom. The average Bonchev–Trinajstić information content (AvgIpc) is 2.85. The molecule has 0 spiro atoms. The quantitative estimate of drug-likeness (QED) is 0.665. The number of nitrogens with zero attached hydrogens (tertiary/aromatic N) is 2. The topological polar surface area (TPSA) is 46.4 Å². The van der Waals surface area contributed by atoms with Crippen LogP contribution in [0.4, 0.5) is 0 Å². The first-order chi connectivity index (χ1) is 10.1. The predicted molar refractivity (Wildman–Crippen MR) is 85.8 cm³/mol. The normalized spacial score (nSPS) is 11.8. The number of hydrogen-bond donors (Lipinski definition) is 1. The van der Waals surface area contributed by atoms with Gasteiger partial charge in [0.05, 0.1) is 12.6 Å². The van der Waals surface area contributed by atoms with Gasteiger partial charge in [0.1, 0.15) is 0 Å². The smallest absolute Gasteiger partial charge is 0.245 e. The highest BCUT2D eigenvalue weighted by atomic mass is 16.2. The van der Waals surface area contributed by atoms with Crippen LogP contribution in [-0.4, -0.2) is 16.7 Å². The molecule has 0 atom stereocenters. The van der Waals surface area contributed by atoms with E-state index in [0.717, 1.165) is 16.8 Å². The number of rotatable bonds is 5. The van der Waals surface area contributed by atoms with E-state index in [-0.39, 0.29) is 5.91 Å². The van der Waals surface area contributed by atoms with Crippen molar-refractivity contribution in [2.24, 2.45) is 12.1 Å². The SMILES string of the molecule is CC(/C=N/NC(=O)Cc1cccn1C)=C\c1ccccc1. The molecule has 108 valence electrons. The summed E-state index contributed by atoms with van der Waals surface area (Å²) in [5.74, 6) is -0.124. The summed E-state index contributed by atoms with van der Waals surface area (Å²) in [4.78, 5) is 11.7. The van der Waals surface area contributed by atoms with Gasteiger partial charge in [0.15, 0.2) is 0 Å². The van der Waals surface area contributed by atoms with Gasteiger partial charge in [-0.3, -0.25) is 4.79 Å². The molecule has 1 heterocycles. The number of allylic oxidation sites excluding steroid dienone is 1. The predicted octanol–water partition coefficient (Wildman–Crippen LogP) is 2.77. The van der Waals surface area contributed by atoms with Crippen LogP contribution in [0.15, 0.2) is 59.3 Å². The molecule has 21 heavy (non-hydrogen) atoms. The van der Waals surface area contributed by atoms with E-state index in [1.165, 1.54) is 0 Å². The minimum atomic E-state index is -0.124. The first kappa shape index (κ1) is 14.8. The number of nitrogens with one attached hydrogen (secondary N) is 1. The maximum absolute atomic E-state index is 11.7. The highest BCUT2D eigenvalue weighted by Gasteiger charge is 2.04. The average molecular weight is 281 g/mol. The molecule has 0 aliphatic rings. The van der Waals surface area contributed by atoms with Gasteiger partial charge in [0.2, 0.25) is 5.91 Å². The fourth-order valence-electron chi connectivity index (χ4n) is 1.94. The van der Waals surface area contributed by atoms with Crippen molar-refractivity contribution < 1.29 is 4.79 Å². The Morgan fingerprint density at radius 2 is 2.00 bits per heavy atom. The van der Waals surface area contributed by atoms with E-state index in [2.05, 4.69) is 10.5 Å². The van der Waals surface area contributed by atoms with E-state index in [9.17, 15) is 4.79 Å². The van der Waals surface area contributed by atoms with Crippen molar-refractivity contribution >= 4 is 18.2 Å². The number of amides is 1. The van der Waals surface area contributed by atoms with Gasteiger partial charge in [0.25, 0.3) is 0 Å². The number of carbonyl (C=O) groups is 1. The van der Waals surface area contributed by atoms with Gasteiger partial charge in [-0.2, -0.15) is 5.10 Å². The van der Waals surface area contributed by atoms with Gasteiger partial charge < -0.3 is 4.57 Å². The van der Waals surface area contributed by atoms with Gasteiger partial charge in [-0.05, 0) is 30.2 Å². The molecule has 0 saturated carbocycles. The molecule has 4 heteroatoms. The fourth-order valence-corrected chi connectivity index (χ4v) is 1.94. The van der Waals surface area contributed by atoms with Crippen molar-refractivity contribution in [1.29, 1.82) is 0 Å². The van der Waals surface area contributed by atoms with Crippen molar-refractivity contribution in [3.8, 4) is 0 Å². The maximum Gasteiger partial charge on any atom is 0.245 e. The second kappa shape index (κ2) is 7.24. The minimum Gasteiger partial charge on any atom is -0.354 e. The summed E-state index contributed by atoms with van der Waals surface area (Å²) in [5, 5.41) is 3.98. The Labute approximate surface area is 124 Å². The van der Waals surface area contributed by atoms with Crippen molar-refractivity contribution in [3.63, 3.8) is 0 Å². The van der Waals surface area contributed by atoms with Crippen LogP contribution in [0.2, 0.25) is 0 Å². The number of hydrogen-bond acceptors (Lipinski definition) is 2. The molecule has 2 rings (SSSR count). The van der Waals surface area contributed by atoms with Gasteiger partial charge in [-0.15, -0.1) is 0 Å². The van der Waals surface area contributed by atoms with E-state index >= 15 is 0 Å². The summed E-state index contributed by atoms with van der Waals surface area (Å²) < 4.78 is 1.92. The Morgan fingerprint density at radius 3 is 2.67 bits per heavy atom. The summed E-state index contributed by atoms with van der Waals surface area (Å²) in [5.41, 5.74) is 5.58. The van der Waals surface area contributed by atoms with Crippen molar-refractivity contribution in [2.45, 2.75) is 13.3 Å². The Balaban J connectivity index is 1.86. The molecule has 0 bridgehead atoms. The van der Waals surface area contributed by atoms with Crippen molar-refractivity contribution in [1.82, 2.24) is 9.99 Å². The lowest BCUT2D eigenvalue weighted by atomic mass is 10.1. The van der Waals surface area contributed by atoms with E-state index in [4.69, 9.17) is 0 Å². The molecular formula is C17H19N3O. The fraction of sp³-hybridized carbons (Fsp3) is 0.176. The van der Waals surface area contributed by atoms with Crippen LogP contribution < -0.4 is 5.43 Å². The van der Waals surface area contributed by atoms with Crippen LogP contribution >= 0.6 is 0 Å². The van der Waals surface area contributed by atoms with Gasteiger partial charge in [-0.25, -0.2) is 5.43 Å². The molecule has 1 amide bonds. The monoisotopic (exact) mass is 281 g/mol. The summed E-state index contributed by atoms with van der Waals surface area (Å²) in [6, 6.07) is 13.8. The van der Waals surface area contributed by atoms with Crippen LogP contribution in [-0.2, 0) is 18.3 Å². The van der Waals surface area contributed by atoms with E-state index in [0.29, 0.717) is 6.42 Å². The Hall–Kier alpha value is -2.62. The van der Waals surface area contributed by atoms with Gasteiger partial charge >= 0.3 is 0 Å². The summed E-state index contributed by atoms with van der Waals surface area (Å²) in [7, 11) is 1.92.